The van der Waals surface area contributed by atoms with Crippen molar-refractivity contribution in [2.24, 2.45) is 11.3 Å². The van der Waals surface area contributed by atoms with Crippen molar-refractivity contribution in [2.75, 3.05) is 23.7 Å². The highest BCUT2D eigenvalue weighted by Gasteiger charge is 2.28. The van der Waals surface area contributed by atoms with E-state index in [4.69, 9.17) is 5.73 Å². The number of hydrogen-bond acceptors (Lipinski definition) is 4. The fraction of sp³-hybridized carbons (Fsp3) is 0.765. The van der Waals surface area contributed by atoms with E-state index in [1.165, 1.54) is 19.3 Å². The van der Waals surface area contributed by atoms with Crippen molar-refractivity contribution in [1.29, 1.82) is 0 Å². The molecule has 1 atom stereocenters. The smallest absolute Gasteiger partial charge is 0.137 e. The Kier molecular flexibility index (Phi) is 4.74. The number of anilines is 2. The molecule has 4 heteroatoms. The van der Waals surface area contributed by atoms with E-state index in [-0.39, 0.29) is 0 Å². The summed E-state index contributed by atoms with van der Waals surface area (Å²) in [5, 5.41) is 0. The Bertz CT molecular complexity index is 476. The molecule has 1 saturated heterocycles. The van der Waals surface area contributed by atoms with Gasteiger partial charge in [0.25, 0.3) is 0 Å². The molecule has 2 N–H and O–H groups in total. The fourth-order valence-corrected chi connectivity index (χ4v) is 3.38. The molecule has 1 unspecified atom stereocenters. The Morgan fingerprint density at radius 3 is 2.52 bits per heavy atom. The van der Waals surface area contributed by atoms with Crippen LogP contribution in [0, 0.1) is 11.3 Å². The van der Waals surface area contributed by atoms with Crippen molar-refractivity contribution in [3.05, 3.63) is 11.9 Å². The molecule has 0 bridgehead atoms. The lowest BCUT2D eigenvalue weighted by Gasteiger charge is -2.30. The van der Waals surface area contributed by atoms with Gasteiger partial charge in [-0.2, -0.15) is 0 Å². The molecule has 2 rings (SSSR count). The topological polar surface area (TPSA) is 55.0 Å². The third-order valence-corrected chi connectivity index (χ3v) is 4.72. The highest BCUT2D eigenvalue weighted by atomic mass is 15.2. The van der Waals surface area contributed by atoms with Gasteiger partial charge in [0.05, 0.1) is 0 Å². The van der Waals surface area contributed by atoms with Crippen LogP contribution in [-0.2, 0) is 0 Å². The quantitative estimate of drug-likeness (QED) is 0.899. The van der Waals surface area contributed by atoms with Crippen molar-refractivity contribution in [3.8, 4) is 0 Å². The highest BCUT2D eigenvalue weighted by molar-refractivity contribution is 5.58. The second-order valence-corrected chi connectivity index (χ2v) is 7.63. The van der Waals surface area contributed by atoms with Crippen LogP contribution in [0.1, 0.15) is 65.4 Å². The molecule has 118 valence electrons. The number of aromatic nitrogens is 2. The van der Waals surface area contributed by atoms with Gasteiger partial charge < -0.3 is 10.6 Å². The van der Waals surface area contributed by atoms with Crippen LogP contribution in [0.3, 0.4) is 0 Å². The van der Waals surface area contributed by atoms with E-state index >= 15 is 0 Å². The molecule has 4 nitrogen and oxygen atoms in total. The second kappa shape index (κ2) is 6.20. The van der Waals surface area contributed by atoms with Gasteiger partial charge in [-0.1, -0.05) is 34.6 Å². The van der Waals surface area contributed by atoms with Crippen molar-refractivity contribution in [3.63, 3.8) is 0 Å². The summed E-state index contributed by atoms with van der Waals surface area (Å²) in [4.78, 5) is 11.1. The minimum absolute atomic E-state index is 0.350. The van der Waals surface area contributed by atoms with Crippen LogP contribution in [0.25, 0.3) is 0 Å². The van der Waals surface area contributed by atoms with Gasteiger partial charge in [-0.3, -0.25) is 0 Å². The van der Waals surface area contributed by atoms with E-state index in [1.54, 1.807) is 6.33 Å². The predicted molar refractivity (Wildman–Crippen MR) is 89.5 cm³/mol. The van der Waals surface area contributed by atoms with Gasteiger partial charge in [-0.25, -0.2) is 9.97 Å². The molecule has 1 aliphatic heterocycles. The minimum Gasteiger partial charge on any atom is -0.383 e. The maximum Gasteiger partial charge on any atom is 0.137 e. The van der Waals surface area contributed by atoms with Gasteiger partial charge >= 0.3 is 0 Å². The van der Waals surface area contributed by atoms with Crippen LogP contribution in [0.5, 0.6) is 0 Å². The molecule has 1 aromatic rings. The number of rotatable bonds is 2. The summed E-state index contributed by atoms with van der Waals surface area (Å²) < 4.78 is 0. The maximum atomic E-state index is 6.09. The van der Waals surface area contributed by atoms with Crippen LogP contribution in [0.15, 0.2) is 6.33 Å². The molecule has 1 aromatic heterocycles. The molecule has 2 heterocycles. The molecule has 1 fully saturated rings. The van der Waals surface area contributed by atoms with E-state index in [9.17, 15) is 0 Å². The lowest BCUT2D eigenvalue weighted by Crippen LogP contribution is -2.28. The summed E-state index contributed by atoms with van der Waals surface area (Å²) in [6.45, 7) is 13.5. The second-order valence-electron chi connectivity index (χ2n) is 7.63. The van der Waals surface area contributed by atoms with Crippen LogP contribution in [0.4, 0.5) is 11.6 Å². The Morgan fingerprint density at radius 1 is 1.19 bits per heavy atom. The van der Waals surface area contributed by atoms with Crippen LogP contribution >= 0.6 is 0 Å². The first kappa shape index (κ1) is 16.1. The van der Waals surface area contributed by atoms with Crippen LogP contribution < -0.4 is 10.6 Å². The first-order valence-electron chi connectivity index (χ1n) is 8.16. The van der Waals surface area contributed by atoms with Gasteiger partial charge in [0, 0.05) is 18.7 Å². The third-order valence-electron chi connectivity index (χ3n) is 4.72. The molecule has 0 aliphatic carbocycles. The average Bonchev–Trinajstić information content (AvgIpc) is 2.63. The lowest BCUT2D eigenvalue weighted by atomic mass is 9.77. The molecule has 0 amide bonds. The van der Waals surface area contributed by atoms with E-state index in [0.29, 0.717) is 17.2 Å². The van der Waals surface area contributed by atoms with Gasteiger partial charge in [0.15, 0.2) is 0 Å². The summed E-state index contributed by atoms with van der Waals surface area (Å²) in [5.74, 6) is 2.81. The molecule has 21 heavy (non-hydrogen) atoms. The summed E-state index contributed by atoms with van der Waals surface area (Å²) in [6.07, 6.45) is 5.36. The van der Waals surface area contributed by atoms with E-state index in [1.807, 2.05) is 0 Å². The largest absolute Gasteiger partial charge is 0.383 e. The lowest BCUT2D eigenvalue weighted by molar-refractivity contribution is 0.220. The summed E-state index contributed by atoms with van der Waals surface area (Å²) >= 11 is 0. The van der Waals surface area contributed by atoms with Gasteiger partial charge in [0.2, 0.25) is 0 Å². The van der Waals surface area contributed by atoms with Crippen molar-refractivity contribution >= 4 is 11.6 Å². The molecule has 0 aromatic carbocycles. The number of nitrogens with zero attached hydrogens (tertiary/aromatic N) is 3. The van der Waals surface area contributed by atoms with Gasteiger partial charge in [-0.05, 0) is 36.5 Å². The summed E-state index contributed by atoms with van der Waals surface area (Å²) in [5.41, 5.74) is 7.58. The minimum atomic E-state index is 0.350. The number of nitrogen functional groups attached to an aromatic ring is 1. The highest BCUT2D eigenvalue weighted by Crippen LogP contribution is 2.36. The Morgan fingerprint density at radius 2 is 1.90 bits per heavy atom. The SMILES string of the molecule is CC(C)c1c(N)ncnc1N1CCCC(C(C)(C)C)CC1. The van der Waals surface area contributed by atoms with E-state index < -0.39 is 0 Å². The van der Waals surface area contributed by atoms with Crippen LogP contribution in [0.2, 0.25) is 0 Å². The average molecular weight is 290 g/mol. The van der Waals surface area contributed by atoms with Crippen molar-refractivity contribution in [2.45, 2.75) is 59.8 Å². The summed E-state index contributed by atoms with van der Waals surface area (Å²) in [7, 11) is 0. The maximum absolute atomic E-state index is 6.09. The molecular formula is C17H30N4. The molecule has 0 saturated carbocycles. The van der Waals surface area contributed by atoms with Gasteiger partial charge in [-0.15, -0.1) is 0 Å². The first-order chi connectivity index (χ1) is 9.80. The normalized spacial score (nSPS) is 20.7. The zero-order valence-electron chi connectivity index (χ0n) is 14.2. The molecule has 0 spiro atoms. The van der Waals surface area contributed by atoms with E-state index in [0.717, 1.165) is 30.4 Å². The summed E-state index contributed by atoms with van der Waals surface area (Å²) in [6, 6.07) is 0. The zero-order chi connectivity index (χ0) is 15.6. The first-order valence-corrected chi connectivity index (χ1v) is 8.16. The van der Waals surface area contributed by atoms with Gasteiger partial charge in [0.1, 0.15) is 18.0 Å². The molecule has 0 radical (unpaired) electrons. The molecular weight excluding hydrogens is 260 g/mol. The zero-order valence-corrected chi connectivity index (χ0v) is 14.2. The van der Waals surface area contributed by atoms with Crippen molar-refractivity contribution < 1.29 is 0 Å². The van der Waals surface area contributed by atoms with Crippen molar-refractivity contribution in [1.82, 2.24) is 9.97 Å². The monoisotopic (exact) mass is 290 g/mol. The molecule has 1 aliphatic rings. The standard InChI is InChI=1S/C17H30N4/c1-12(2)14-15(18)19-11-20-16(14)21-9-6-7-13(8-10-21)17(3,4)5/h11-13H,6-10H2,1-5H3,(H2,18,19,20). The number of hydrogen-bond donors (Lipinski definition) is 1. The number of nitrogens with two attached hydrogens (primary N) is 1. The predicted octanol–water partition coefficient (Wildman–Crippen LogP) is 3.83. The third kappa shape index (κ3) is 3.66. The van der Waals surface area contributed by atoms with E-state index in [2.05, 4.69) is 49.5 Å². The van der Waals surface area contributed by atoms with Crippen LogP contribution in [-0.4, -0.2) is 23.1 Å². The Balaban J connectivity index is 2.22. The Hall–Kier alpha value is -1.32. The fourth-order valence-electron chi connectivity index (χ4n) is 3.38. The Labute approximate surface area is 129 Å².